The Bertz CT molecular complexity index is 1080. The van der Waals surface area contributed by atoms with Crippen LogP contribution in [0.1, 0.15) is 37.3 Å². The molecule has 0 saturated carbocycles. The fourth-order valence-corrected chi connectivity index (χ4v) is 5.56. The summed E-state index contributed by atoms with van der Waals surface area (Å²) in [5.41, 5.74) is 3.54. The Labute approximate surface area is 210 Å². The van der Waals surface area contributed by atoms with Gasteiger partial charge in [0.25, 0.3) is 0 Å². The standard InChI is InChI=1S/C27H32N2O5S/c1-17-14-29(16-27(17,2)25(31)32)24(30)23(12-13-35-3)28-26(33)34-15-22-20-10-6-4-8-18(20)19-9-5-7-11-21(19)22/h4-11,17,22-23H,12-16H2,1-3H3,(H,28,33)(H,31,32)/t17-,23?,27-/m1/s1. The van der Waals surface area contributed by atoms with Crippen molar-refractivity contribution < 1.29 is 24.2 Å². The lowest BCUT2D eigenvalue weighted by atomic mass is 9.81. The summed E-state index contributed by atoms with van der Waals surface area (Å²) in [6, 6.07) is 15.5. The van der Waals surface area contributed by atoms with E-state index in [4.69, 9.17) is 4.74 Å². The number of ether oxygens (including phenoxy) is 1. The topological polar surface area (TPSA) is 95.9 Å². The van der Waals surface area contributed by atoms with Crippen molar-refractivity contribution in [2.75, 3.05) is 31.7 Å². The fourth-order valence-electron chi connectivity index (χ4n) is 5.09. The van der Waals surface area contributed by atoms with Crippen LogP contribution in [-0.4, -0.2) is 65.7 Å². The van der Waals surface area contributed by atoms with Gasteiger partial charge < -0.3 is 20.1 Å². The summed E-state index contributed by atoms with van der Waals surface area (Å²) < 4.78 is 5.64. The molecule has 0 spiro atoms. The van der Waals surface area contributed by atoms with E-state index in [9.17, 15) is 19.5 Å². The molecule has 7 nitrogen and oxygen atoms in total. The molecule has 1 aliphatic carbocycles. The number of thioether (sulfide) groups is 1. The highest BCUT2D eigenvalue weighted by atomic mass is 32.2. The monoisotopic (exact) mass is 496 g/mol. The van der Waals surface area contributed by atoms with E-state index in [0.717, 1.165) is 22.3 Å². The van der Waals surface area contributed by atoms with E-state index in [0.29, 0.717) is 18.7 Å². The third-order valence-corrected chi connectivity index (χ3v) is 8.09. The van der Waals surface area contributed by atoms with Crippen LogP contribution in [0, 0.1) is 11.3 Å². The second kappa shape index (κ2) is 10.3. The molecule has 0 radical (unpaired) electrons. The number of hydrogen-bond donors (Lipinski definition) is 2. The Morgan fingerprint density at radius 1 is 1.14 bits per heavy atom. The van der Waals surface area contributed by atoms with E-state index >= 15 is 0 Å². The van der Waals surface area contributed by atoms with Crippen LogP contribution in [0.2, 0.25) is 0 Å². The van der Waals surface area contributed by atoms with Crippen molar-refractivity contribution in [1.82, 2.24) is 10.2 Å². The molecule has 1 heterocycles. The Kier molecular flexibility index (Phi) is 7.40. The molecule has 2 N–H and O–H groups in total. The number of amides is 2. The van der Waals surface area contributed by atoms with Crippen molar-refractivity contribution >= 4 is 29.7 Å². The summed E-state index contributed by atoms with van der Waals surface area (Å²) in [7, 11) is 0. The SMILES string of the molecule is CSCCC(NC(=O)OCC1c2ccccc2-c2ccccc21)C(=O)N1C[C@@H](C)[C@](C)(C(=O)O)C1. The van der Waals surface area contributed by atoms with Crippen LogP contribution in [-0.2, 0) is 14.3 Å². The van der Waals surface area contributed by atoms with Gasteiger partial charge in [-0.05, 0) is 53.5 Å². The van der Waals surface area contributed by atoms with Gasteiger partial charge >= 0.3 is 12.1 Å². The lowest BCUT2D eigenvalue weighted by molar-refractivity contribution is -0.149. The first-order valence-corrected chi connectivity index (χ1v) is 13.3. The number of alkyl carbamates (subject to hydrolysis) is 1. The van der Waals surface area contributed by atoms with E-state index in [1.165, 1.54) is 0 Å². The van der Waals surface area contributed by atoms with E-state index in [-0.39, 0.29) is 30.9 Å². The fraction of sp³-hybridized carbons (Fsp3) is 0.444. The third kappa shape index (κ3) is 4.89. The molecule has 2 aromatic rings. The quantitative estimate of drug-likeness (QED) is 0.568. The van der Waals surface area contributed by atoms with Crippen LogP contribution < -0.4 is 5.32 Å². The van der Waals surface area contributed by atoms with Crippen molar-refractivity contribution in [2.24, 2.45) is 11.3 Å². The number of rotatable bonds is 8. The van der Waals surface area contributed by atoms with Gasteiger partial charge in [-0.3, -0.25) is 9.59 Å². The van der Waals surface area contributed by atoms with Gasteiger partial charge in [0, 0.05) is 19.0 Å². The van der Waals surface area contributed by atoms with Gasteiger partial charge in [0.05, 0.1) is 5.41 Å². The number of benzene rings is 2. The third-order valence-electron chi connectivity index (χ3n) is 7.45. The molecule has 8 heteroatoms. The number of nitrogens with one attached hydrogen (secondary N) is 1. The Morgan fingerprint density at radius 3 is 2.29 bits per heavy atom. The van der Waals surface area contributed by atoms with E-state index in [2.05, 4.69) is 29.6 Å². The normalized spacial score (nSPS) is 21.8. The van der Waals surface area contributed by atoms with Crippen molar-refractivity contribution in [3.63, 3.8) is 0 Å². The maximum absolute atomic E-state index is 13.3. The minimum absolute atomic E-state index is 0.0656. The number of aliphatic carboxylic acids is 1. The van der Waals surface area contributed by atoms with Crippen molar-refractivity contribution in [3.05, 3.63) is 59.7 Å². The number of carbonyl (C=O) groups is 3. The number of carbonyl (C=O) groups excluding carboxylic acids is 2. The van der Waals surface area contributed by atoms with Gasteiger partial charge in [-0.1, -0.05) is 55.5 Å². The molecule has 1 saturated heterocycles. The summed E-state index contributed by atoms with van der Waals surface area (Å²) in [5, 5.41) is 12.4. The smallest absolute Gasteiger partial charge is 0.407 e. The van der Waals surface area contributed by atoms with Gasteiger partial charge in [-0.15, -0.1) is 0 Å². The molecule has 1 aliphatic heterocycles. The number of hydrogen-bond acceptors (Lipinski definition) is 5. The molecule has 3 atom stereocenters. The number of carboxylic acid groups (broad SMARTS) is 1. The Morgan fingerprint density at radius 2 is 1.74 bits per heavy atom. The zero-order valence-corrected chi connectivity index (χ0v) is 21.1. The lowest BCUT2D eigenvalue weighted by Gasteiger charge is -2.26. The summed E-state index contributed by atoms with van der Waals surface area (Å²) >= 11 is 1.58. The minimum atomic E-state index is -0.997. The molecule has 2 aromatic carbocycles. The first-order chi connectivity index (χ1) is 16.8. The molecule has 1 unspecified atom stereocenters. The first-order valence-electron chi connectivity index (χ1n) is 11.9. The highest BCUT2D eigenvalue weighted by Gasteiger charge is 2.48. The second-order valence-electron chi connectivity index (χ2n) is 9.65. The van der Waals surface area contributed by atoms with E-state index in [1.54, 1.807) is 23.6 Å². The molecule has 0 bridgehead atoms. The van der Waals surface area contributed by atoms with Crippen LogP contribution in [0.4, 0.5) is 4.79 Å². The predicted molar refractivity (Wildman–Crippen MR) is 136 cm³/mol. The largest absolute Gasteiger partial charge is 0.481 e. The van der Waals surface area contributed by atoms with Crippen LogP contribution in [0.3, 0.4) is 0 Å². The first kappa shape index (κ1) is 25.1. The highest BCUT2D eigenvalue weighted by molar-refractivity contribution is 7.98. The molecule has 4 rings (SSSR count). The Balaban J connectivity index is 1.43. The maximum atomic E-state index is 13.3. The van der Waals surface area contributed by atoms with Crippen molar-refractivity contribution in [1.29, 1.82) is 0 Å². The van der Waals surface area contributed by atoms with E-state index < -0.39 is 23.5 Å². The predicted octanol–water partition coefficient (Wildman–Crippen LogP) is 4.22. The highest BCUT2D eigenvalue weighted by Crippen LogP contribution is 2.44. The lowest BCUT2D eigenvalue weighted by Crippen LogP contribution is -2.49. The van der Waals surface area contributed by atoms with Crippen LogP contribution in [0.25, 0.3) is 11.1 Å². The Hall–Kier alpha value is -3.00. The molecule has 0 aromatic heterocycles. The van der Waals surface area contributed by atoms with Gasteiger partial charge in [-0.2, -0.15) is 11.8 Å². The molecular formula is C27H32N2O5S. The number of nitrogens with zero attached hydrogens (tertiary/aromatic N) is 1. The summed E-state index contributed by atoms with van der Waals surface area (Å²) in [4.78, 5) is 39.4. The molecule has 1 fully saturated rings. The van der Waals surface area contributed by atoms with Gasteiger partial charge in [0.15, 0.2) is 0 Å². The molecular weight excluding hydrogens is 464 g/mol. The average molecular weight is 497 g/mol. The zero-order valence-electron chi connectivity index (χ0n) is 20.3. The van der Waals surface area contributed by atoms with Crippen molar-refractivity contribution in [3.8, 4) is 11.1 Å². The number of carboxylic acids is 1. The van der Waals surface area contributed by atoms with Gasteiger partial charge in [-0.25, -0.2) is 4.79 Å². The average Bonchev–Trinajstić information content (AvgIpc) is 3.34. The van der Waals surface area contributed by atoms with Crippen molar-refractivity contribution in [2.45, 2.75) is 32.2 Å². The molecule has 186 valence electrons. The minimum Gasteiger partial charge on any atom is -0.481 e. The molecule has 35 heavy (non-hydrogen) atoms. The summed E-state index contributed by atoms with van der Waals surface area (Å²) in [6.07, 6.45) is 1.74. The molecule has 2 amide bonds. The van der Waals surface area contributed by atoms with E-state index in [1.807, 2.05) is 37.4 Å². The number of fused-ring (bicyclic) bond motifs is 3. The maximum Gasteiger partial charge on any atom is 0.407 e. The second-order valence-corrected chi connectivity index (χ2v) is 10.6. The van der Waals surface area contributed by atoms with Crippen LogP contribution >= 0.6 is 11.8 Å². The summed E-state index contributed by atoms with van der Waals surface area (Å²) in [5.74, 6) is -0.738. The zero-order chi connectivity index (χ0) is 25.2. The van der Waals surface area contributed by atoms with Crippen LogP contribution in [0.15, 0.2) is 48.5 Å². The van der Waals surface area contributed by atoms with Gasteiger partial charge in [0.1, 0.15) is 12.6 Å². The van der Waals surface area contributed by atoms with Crippen LogP contribution in [0.5, 0.6) is 0 Å². The molecule has 2 aliphatic rings. The number of likely N-dealkylation sites (tertiary alicyclic amines) is 1. The summed E-state index contributed by atoms with van der Waals surface area (Å²) in [6.45, 7) is 4.16. The van der Waals surface area contributed by atoms with Gasteiger partial charge in [0.2, 0.25) is 5.91 Å².